The average molecular weight is 447 g/mol. The second-order valence-electron chi connectivity index (χ2n) is 6.07. The number of halogens is 2. The van der Waals surface area contributed by atoms with Gasteiger partial charge in [0.2, 0.25) is 0 Å². The molecule has 0 radical (unpaired) electrons. The number of nitrogens with zero attached hydrogens (tertiary/aromatic N) is 1. The van der Waals surface area contributed by atoms with Crippen LogP contribution in [0.4, 0.5) is 10.1 Å². The number of nitrogens with one attached hydrogen (secondary N) is 1. The molecular formula is C21H16ClFN2O4S. The lowest BCUT2D eigenvalue weighted by Crippen LogP contribution is -2.54. The van der Waals surface area contributed by atoms with Gasteiger partial charge in [-0.15, -0.1) is 0 Å². The predicted octanol–water partition coefficient (Wildman–Crippen LogP) is 3.88. The maximum Gasteiger partial charge on any atom is 0.270 e. The van der Waals surface area contributed by atoms with Crippen molar-refractivity contribution in [3.8, 4) is 11.5 Å². The number of carbonyl (C=O) groups excluding carboxylic acids is 2. The van der Waals surface area contributed by atoms with Gasteiger partial charge in [0.25, 0.3) is 11.8 Å². The van der Waals surface area contributed by atoms with Crippen LogP contribution in [0.2, 0.25) is 5.02 Å². The van der Waals surface area contributed by atoms with Crippen LogP contribution in [0.15, 0.2) is 54.6 Å². The second-order valence-corrected chi connectivity index (χ2v) is 6.86. The maximum atomic E-state index is 13.2. The van der Waals surface area contributed by atoms with Gasteiger partial charge in [-0.05, 0) is 60.3 Å². The van der Waals surface area contributed by atoms with Gasteiger partial charge in [0.1, 0.15) is 18.0 Å². The van der Waals surface area contributed by atoms with Crippen LogP contribution in [0.3, 0.4) is 0 Å². The minimum absolute atomic E-state index is 0.0995. The number of ether oxygens (including phenoxy) is 2. The number of anilines is 1. The molecule has 1 heterocycles. The van der Waals surface area contributed by atoms with Crippen molar-refractivity contribution in [2.45, 2.75) is 0 Å². The summed E-state index contributed by atoms with van der Waals surface area (Å²) in [4.78, 5) is 26.5. The average Bonchev–Trinajstić information content (AvgIpc) is 2.71. The summed E-state index contributed by atoms with van der Waals surface area (Å²) in [6.45, 7) is 3.80. The molecule has 0 saturated carbocycles. The summed E-state index contributed by atoms with van der Waals surface area (Å²) in [6, 6.07) is 8.27. The normalized spacial score (nSPS) is 15.2. The standard InChI is InChI=1S/C21H16ClFN2O4S/c1-3-8-29-18-16(22)10-12(11-17(18)28-2)9-15-19(26)24-21(30)25(20(15)27)14-6-4-13(23)5-7-14/h3-7,9-11H,1,8H2,2H3,(H,24,26,30). The van der Waals surface area contributed by atoms with Crippen LogP contribution in [-0.2, 0) is 9.59 Å². The predicted molar refractivity (Wildman–Crippen MR) is 116 cm³/mol. The van der Waals surface area contributed by atoms with Crippen molar-refractivity contribution < 1.29 is 23.5 Å². The first-order valence-corrected chi connectivity index (χ1v) is 9.42. The van der Waals surface area contributed by atoms with Crippen molar-refractivity contribution in [1.82, 2.24) is 5.32 Å². The van der Waals surface area contributed by atoms with Crippen LogP contribution in [0.1, 0.15) is 5.56 Å². The Kier molecular flexibility index (Phi) is 6.49. The van der Waals surface area contributed by atoms with Gasteiger partial charge >= 0.3 is 0 Å². The van der Waals surface area contributed by atoms with Gasteiger partial charge in [0, 0.05) is 0 Å². The Morgan fingerprint density at radius 2 is 1.97 bits per heavy atom. The molecule has 6 nitrogen and oxygen atoms in total. The third-order valence-electron chi connectivity index (χ3n) is 4.09. The molecule has 30 heavy (non-hydrogen) atoms. The summed E-state index contributed by atoms with van der Waals surface area (Å²) < 4.78 is 24.0. The molecule has 0 unspecified atom stereocenters. The van der Waals surface area contributed by atoms with Crippen LogP contribution < -0.4 is 19.7 Å². The van der Waals surface area contributed by atoms with E-state index in [-0.39, 0.29) is 22.3 Å². The van der Waals surface area contributed by atoms with Gasteiger partial charge in [-0.3, -0.25) is 19.8 Å². The van der Waals surface area contributed by atoms with Gasteiger partial charge < -0.3 is 9.47 Å². The Labute approximate surface area is 182 Å². The second kappa shape index (κ2) is 9.06. The first-order chi connectivity index (χ1) is 14.3. The molecule has 1 aliphatic heterocycles. The van der Waals surface area contributed by atoms with Gasteiger partial charge in [0.05, 0.1) is 17.8 Å². The molecule has 154 valence electrons. The first kappa shape index (κ1) is 21.5. The van der Waals surface area contributed by atoms with Crippen LogP contribution in [0.5, 0.6) is 11.5 Å². The number of hydrogen-bond donors (Lipinski definition) is 1. The smallest absolute Gasteiger partial charge is 0.270 e. The lowest BCUT2D eigenvalue weighted by atomic mass is 10.1. The molecule has 1 fully saturated rings. The van der Waals surface area contributed by atoms with E-state index in [4.69, 9.17) is 33.3 Å². The van der Waals surface area contributed by atoms with E-state index in [0.717, 1.165) is 4.90 Å². The van der Waals surface area contributed by atoms with Crippen molar-refractivity contribution in [1.29, 1.82) is 0 Å². The number of methoxy groups -OCH3 is 1. The van der Waals surface area contributed by atoms with E-state index in [0.29, 0.717) is 22.7 Å². The SMILES string of the molecule is C=CCOc1c(Cl)cc(C=C2C(=O)NC(=S)N(c3ccc(F)cc3)C2=O)cc1OC. The van der Waals surface area contributed by atoms with Crippen molar-refractivity contribution in [2.24, 2.45) is 0 Å². The number of thiocarbonyl (C=S) groups is 1. The number of hydrogen-bond acceptors (Lipinski definition) is 5. The highest BCUT2D eigenvalue weighted by Crippen LogP contribution is 2.37. The molecule has 2 amide bonds. The third-order valence-corrected chi connectivity index (χ3v) is 4.66. The van der Waals surface area contributed by atoms with E-state index in [1.807, 2.05) is 0 Å². The first-order valence-electron chi connectivity index (χ1n) is 8.64. The molecule has 1 saturated heterocycles. The lowest BCUT2D eigenvalue weighted by molar-refractivity contribution is -0.122. The molecule has 0 spiro atoms. The molecule has 1 N–H and O–H groups in total. The summed E-state index contributed by atoms with van der Waals surface area (Å²) in [5.41, 5.74) is 0.583. The van der Waals surface area contributed by atoms with Crippen molar-refractivity contribution in [2.75, 3.05) is 18.6 Å². The summed E-state index contributed by atoms with van der Waals surface area (Å²) >= 11 is 11.4. The molecule has 2 aromatic carbocycles. The van der Waals surface area contributed by atoms with Gasteiger partial charge in [-0.25, -0.2) is 4.39 Å². The number of carbonyl (C=O) groups is 2. The molecule has 1 aliphatic rings. The van der Waals surface area contributed by atoms with Crippen LogP contribution in [0, 0.1) is 5.82 Å². The van der Waals surface area contributed by atoms with Crippen LogP contribution >= 0.6 is 23.8 Å². The quantitative estimate of drug-likeness (QED) is 0.315. The van der Waals surface area contributed by atoms with E-state index in [9.17, 15) is 14.0 Å². The molecular weight excluding hydrogens is 431 g/mol. The minimum Gasteiger partial charge on any atom is -0.493 e. The fraction of sp³-hybridized carbons (Fsp3) is 0.0952. The van der Waals surface area contributed by atoms with Crippen molar-refractivity contribution >= 4 is 52.5 Å². The molecule has 0 aliphatic carbocycles. The van der Waals surface area contributed by atoms with Gasteiger partial charge in [-0.1, -0.05) is 24.3 Å². The topological polar surface area (TPSA) is 67.9 Å². The van der Waals surface area contributed by atoms with Crippen molar-refractivity contribution in [3.05, 3.63) is 71.0 Å². The highest BCUT2D eigenvalue weighted by Gasteiger charge is 2.34. The van der Waals surface area contributed by atoms with E-state index in [1.165, 1.54) is 43.5 Å². The Balaban J connectivity index is 2.01. The molecule has 2 aromatic rings. The number of rotatable bonds is 6. The fourth-order valence-electron chi connectivity index (χ4n) is 2.75. The molecule has 0 aromatic heterocycles. The van der Waals surface area contributed by atoms with E-state index in [2.05, 4.69) is 11.9 Å². The number of benzene rings is 2. The van der Waals surface area contributed by atoms with E-state index < -0.39 is 17.6 Å². The lowest BCUT2D eigenvalue weighted by Gasteiger charge is -2.28. The Morgan fingerprint density at radius 1 is 1.27 bits per heavy atom. The highest BCUT2D eigenvalue weighted by molar-refractivity contribution is 7.80. The minimum atomic E-state index is -0.662. The molecule has 0 atom stereocenters. The highest BCUT2D eigenvalue weighted by atomic mass is 35.5. The monoisotopic (exact) mass is 446 g/mol. The maximum absolute atomic E-state index is 13.2. The van der Waals surface area contributed by atoms with Crippen molar-refractivity contribution in [3.63, 3.8) is 0 Å². The summed E-state index contributed by atoms with van der Waals surface area (Å²) in [6.07, 6.45) is 2.92. The summed E-state index contributed by atoms with van der Waals surface area (Å²) in [5.74, 6) is -1.14. The van der Waals surface area contributed by atoms with Crippen LogP contribution in [0.25, 0.3) is 6.08 Å². The molecule has 0 bridgehead atoms. The Morgan fingerprint density at radius 3 is 2.60 bits per heavy atom. The Hall–Kier alpha value is -3.23. The van der Waals surface area contributed by atoms with Gasteiger partial charge in [0.15, 0.2) is 16.6 Å². The fourth-order valence-corrected chi connectivity index (χ4v) is 3.31. The van der Waals surface area contributed by atoms with E-state index in [1.54, 1.807) is 12.1 Å². The van der Waals surface area contributed by atoms with Gasteiger partial charge in [-0.2, -0.15) is 0 Å². The summed E-state index contributed by atoms with van der Waals surface area (Å²) in [7, 11) is 1.44. The number of amides is 2. The Bertz CT molecular complexity index is 1070. The largest absolute Gasteiger partial charge is 0.493 e. The van der Waals surface area contributed by atoms with E-state index >= 15 is 0 Å². The molecule has 9 heteroatoms. The third kappa shape index (κ3) is 4.34. The zero-order valence-corrected chi connectivity index (χ0v) is 17.3. The zero-order chi connectivity index (χ0) is 21.8. The molecule has 3 rings (SSSR count). The summed E-state index contributed by atoms with van der Waals surface area (Å²) in [5, 5.41) is 2.60. The van der Waals surface area contributed by atoms with Crippen LogP contribution in [-0.4, -0.2) is 30.6 Å². The zero-order valence-electron chi connectivity index (χ0n) is 15.8.